The summed E-state index contributed by atoms with van der Waals surface area (Å²) in [6.45, 7) is 7.35. The summed E-state index contributed by atoms with van der Waals surface area (Å²) >= 11 is 0. The van der Waals surface area contributed by atoms with Crippen molar-refractivity contribution < 1.29 is 4.42 Å². The van der Waals surface area contributed by atoms with Gasteiger partial charge in [-0.15, -0.1) is 0 Å². The van der Waals surface area contributed by atoms with E-state index >= 15 is 0 Å². The highest BCUT2D eigenvalue weighted by molar-refractivity contribution is 7.95. The summed E-state index contributed by atoms with van der Waals surface area (Å²) in [5.74, 6) is 0. The van der Waals surface area contributed by atoms with Gasteiger partial charge in [0.15, 0.2) is 4.90 Å². The summed E-state index contributed by atoms with van der Waals surface area (Å²) < 4.78 is 6.85. The third kappa shape index (κ3) is 4.62. The topological polar surface area (TPSA) is 13.1 Å². The predicted molar refractivity (Wildman–Crippen MR) is 230 cm³/mol. The molecule has 0 atom stereocenters. The van der Waals surface area contributed by atoms with Gasteiger partial charge in [-0.25, -0.2) is 0 Å². The maximum absolute atomic E-state index is 6.85. The minimum Gasteiger partial charge on any atom is -0.455 e. The molecular formula is C49H39OSSi+. The number of rotatable bonds is 5. The fourth-order valence-electron chi connectivity index (χ4n) is 8.59. The van der Waals surface area contributed by atoms with Gasteiger partial charge in [0.1, 0.15) is 23.7 Å². The molecule has 8 aromatic carbocycles. The van der Waals surface area contributed by atoms with Crippen LogP contribution in [-0.4, -0.2) is 20.6 Å². The number of benzene rings is 8. The summed E-state index contributed by atoms with van der Waals surface area (Å²) in [7, 11) is -1.53. The molecule has 0 bridgehead atoms. The van der Waals surface area contributed by atoms with Crippen LogP contribution in [0.1, 0.15) is 0 Å². The van der Waals surface area contributed by atoms with Gasteiger partial charge in [0.05, 0.1) is 8.07 Å². The van der Waals surface area contributed by atoms with E-state index in [0.717, 1.165) is 11.2 Å². The van der Waals surface area contributed by atoms with Crippen molar-refractivity contribution >= 4 is 67.6 Å². The molecule has 0 N–H and O–H groups in total. The molecular weight excluding hydrogens is 665 g/mol. The smallest absolute Gasteiger partial charge is 0.155 e. The second-order valence-corrected chi connectivity index (χ2v) is 22.6. The van der Waals surface area contributed by atoms with Crippen LogP contribution >= 0.6 is 0 Å². The molecule has 0 spiro atoms. The fraction of sp³-hybridized carbons (Fsp3) is 0.102. The quantitative estimate of drug-likeness (QED) is 0.128. The second kappa shape index (κ2) is 11.6. The number of hydrogen-bond acceptors (Lipinski definition) is 1. The Balaban J connectivity index is 1.33. The van der Waals surface area contributed by atoms with E-state index in [0.29, 0.717) is 0 Å². The van der Waals surface area contributed by atoms with Crippen molar-refractivity contribution in [3.63, 3.8) is 0 Å². The molecule has 1 heterocycles. The summed E-state index contributed by atoms with van der Waals surface area (Å²) in [5.41, 5.74) is 14.7. The van der Waals surface area contributed by atoms with Crippen molar-refractivity contribution in [3.8, 4) is 55.6 Å². The number of hydrogen-bond donors (Lipinski definition) is 0. The van der Waals surface area contributed by atoms with Gasteiger partial charge in [-0.3, -0.25) is 0 Å². The van der Waals surface area contributed by atoms with Crippen molar-refractivity contribution in [1.82, 2.24) is 0 Å². The molecule has 0 unspecified atom stereocenters. The Bertz CT molecular complexity index is 2800. The molecule has 1 aliphatic rings. The van der Waals surface area contributed by atoms with Crippen LogP contribution < -0.4 is 5.19 Å². The Kier molecular flexibility index (Phi) is 6.99. The lowest BCUT2D eigenvalue weighted by molar-refractivity contribution is 0.670. The van der Waals surface area contributed by atoms with Crippen LogP contribution in [0.2, 0.25) is 19.6 Å². The van der Waals surface area contributed by atoms with E-state index < -0.39 is 8.07 Å². The van der Waals surface area contributed by atoms with Gasteiger partial charge in [0, 0.05) is 33.3 Å². The normalized spacial score (nSPS) is 12.5. The highest BCUT2D eigenvalue weighted by atomic mass is 32.2. The summed E-state index contributed by atoms with van der Waals surface area (Å²) in [5, 5.41) is 9.06. The van der Waals surface area contributed by atoms with E-state index in [1.807, 2.05) is 0 Å². The molecule has 0 fully saturated rings. The van der Waals surface area contributed by atoms with Crippen molar-refractivity contribution in [2.24, 2.45) is 0 Å². The van der Waals surface area contributed by atoms with Gasteiger partial charge in [-0.1, -0.05) is 152 Å². The fourth-order valence-corrected chi connectivity index (χ4v) is 10.4. The molecule has 1 aromatic heterocycles. The van der Waals surface area contributed by atoms with Gasteiger partial charge < -0.3 is 4.42 Å². The standard InChI is InChI=1S/C49H39OSSi/c1-51(2)32-23-26-43-40(27-32)42-29-33(52(3,4)5)28-41(49(42)50-43)34-24-25-39-46-35(34)21-14-22-38(46)47-44(30-15-8-6-9-16-30)36-19-12-13-20-37(36)45(48(39)47)31-17-10-7-11-18-31/h6-29H,1-5H3/q+1. The third-order valence-corrected chi connectivity index (χ3v) is 14.3. The SMILES string of the molecule is C[S+](C)c1ccc2oc3c(-c4ccc5c6c(cccc46)-c4c-5c(-c5ccccc5)c5ccccc5c4-c4ccccc4)cc([Si](C)(C)C)cc3c2c1. The number of fused-ring (bicyclic) bond motifs is 7. The van der Waals surface area contributed by atoms with Gasteiger partial charge in [-0.05, 0) is 83.7 Å². The molecule has 0 amide bonds. The third-order valence-electron chi connectivity index (χ3n) is 11.1. The molecule has 52 heavy (non-hydrogen) atoms. The molecule has 0 aliphatic heterocycles. The molecule has 250 valence electrons. The number of furan rings is 1. The predicted octanol–water partition coefficient (Wildman–Crippen LogP) is 13.3. The van der Waals surface area contributed by atoms with E-state index in [1.54, 1.807) is 0 Å². The van der Waals surface area contributed by atoms with E-state index in [-0.39, 0.29) is 10.9 Å². The first kappa shape index (κ1) is 31.4. The Hall–Kier alpha value is -5.35. The average molecular weight is 704 g/mol. The van der Waals surface area contributed by atoms with Crippen molar-refractivity contribution in [2.45, 2.75) is 24.5 Å². The zero-order valence-electron chi connectivity index (χ0n) is 30.2. The molecule has 1 nitrogen and oxygen atoms in total. The van der Waals surface area contributed by atoms with Crippen molar-refractivity contribution in [3.05, 3.63) is 146 Å². The highest BCUT2D eigenvalue weighted by Crippen LogP contribution is 2.58. The monoisotopic (exact) mass is 703 g/mol. The minimum atomic E-state index is -1.70. The average Bonchev–Trinajstić information content (AvgIpc) is 3.70. The van der Waals surface area contributed by atoms with Gasteiger partial charge >= 0.3 is 0 Å². The van der Waals surface area contributed by atoms with Crippen LogP contribution in [0.3, 0.4) is 0 Å². The lowest BCUT2D eigenvalue weighted by Crippen LogP contribution is -2.37. The Morgan fingerprint density at radius 2 is 1.02 bits per heavy atom. The zero-order chi connectivity index (χ0) is 35.3. The maximum Gasteiger partial charge on any atom is 0.155 e. The molecule has 0 saturated heterocycles. The molecule has 0 saturated carbocycles. The van der Waals surface area contributed by atoms with Crippen LogP contribution in [0.5, 0.6) is 0 Å². The van der Waals surface area contributed by atoms with Gasteiger partial charge in [0.2, 0.25) is 0 Å². The first-order valence-corrected chi connectivity index (χ1v) is 23.7. The van der Waals surface area contributed by atoms with Crippen LogP contribution in [0.15, 0.2) is 155 Å². The highest BCUT2D eigenvalue weighted by Gasteiger charge is 2.32. The van der Waals surface area contributed by atoms with E-state index in [1.165, 1.54) is 98.0 Å². The minimum absolute atomic E-state index is 0.163. The molecule has 0 radical (unpaired) electrons. The summed E-state index contributed by atoms with van der Waals surface area (Å²) in [6, 6.07) is 54.3. The molecule has 10 rings (SSSR count). The van der Waals surface area contributed by atoms with Crippen molar-refractivity contribution in [2.75, 3.05) is 12.5 Å². The second-order valence-electron chi connectivity index (χ2n) is 15.4. The van der Waals surface area contributed by atoms with E-state index in [9.17, 15) is 0 Å². The van der Waals surface area contributed by atoms with Crippen LogP contribution in [0, 0.1) is 0 Å². The first-order chi connectivity index (χ1) is 25.3. The molecule has 3 heteroatoms. The Morgan fingerprint density at radius 1 is 0.442 bits per heavy atom. The lowest BCUT2D eigenvalue weighted by Gasteiger charge is -2.20. The van der Waals surface area contributed by atoms with E-state index in [4.69, 9.17) is 4.42 Å². The van der Waals surface area contributed by atoms with Crippen molar-refractivity contribution in [1.29, 1.82) is 0 Å². The van der Waals surface area contributed by atoms with Crippen LogP contribution in [0.25, 0.3) is 99.1 Å². The molecule has 9 aromatic rings. The zero-order valence-corrected chi connectivity index (χ0v) is 32.0. The maximum atomic E-state index is 6.85. The van der Waals surface area contributed by atoms with Crippen LogP contribution in [0.4, 0.5) is 0 Å². The van der Waals surface area contributed by atoms with Gasteiger partial charge in [0.25, 0.3) is 0 Å². The molecule has 1 aliphatic carbocycles. The Labute approximate surface area is 308 Å². The summed E-state index contributed by atoms with van der Waals surface area (Å²) in [6.07, 6.45) is 4.59. The first-order valence-electron chi connectivity index (χ1n) is 18.1. The van der Waals surface area contributed by atoms with Crippen LogP contribution in [-0.2, 0) is 10.9 Å². The van der Waals surface area contributed by atoms with Gasteiger partial charge in [-0.2, -0.15) is 0 Å². The Morgan fingerprint density at radius 3 is 1.63 bits per heavy atom. The largest absolute Gasteiger partial charge is 0.455 e. The summed E-state index contributed by atoms with van der Waals surface area (Å²) in [4.78, 5) is 1.37. The van der Waals surface area contributed by atoms with E-state index in [2.05, 4.69) is 178 Å². The lowest BCUT2D eigenvalue weighted by atomic mass is 9.82.